The predicted octanol–water partition coefficient (Wildman–Crippen LogP) is 0.219. The Morgan fingerprint density at radius 3 is 2.87 bits per heavy atom. The molecule has 1 amide bonds. The van der Waals surface area contributed by atoms with Gasteiger partial charge in [0, 0.05) is 19.7 Å². The second kappa shape index (κ2) is 4.49. The van der Waals surface area contributed by atoms with Crippen LogP contribution in [0.4, 0.5) is 0 Å². The Hall–Kier alpha value is -0.610. The van der Waals surface area contributed by atoms with Gasteiger partial charge in [-0.2, -0.15) is 0 Å². The molecule has 0 saturated carbocycles. The van der Waals surface area contributed by atoms with Crippen molar-refractivity contribution in [2.75, 3.05) is 26.2 Å². The van der Waals surface area contributed by atoms with E-state index in [-0.39, 0.29) is 12.0 Å². The third-order valence-corrected chi connectivity index (χ3v) is 3.56. The van der Waals surface area contributed by atoms with Crippen LogP contribution in [0.2, 0.25) is 0 Å². The molecule has 15 heavy (non-hydrogen) atoms. The molecule has 0 bridgehead atoms. The first-order valence-electron chi connectivity index (χ1n) is 5.83. The molecular weight excluding hydrogens is 192 g/mol. The molecule has 2 heterocycles. The zero-order valence-electron chi connectivity index (χ0n) is 9.32. The Labute approximate surface area is 90.8 Å². The van der Waals surface area contributed by atoms with Gasteiger partial charge in [0.25, 0.3) is 5.91 Å². The molecule has 3 atom stereocenters. The Morgan fingerprint density at radius 1 is 1.53 bits per heavy atom. The minimum absolute atomic E-state index is 0.177. The molecule has 0 aliphatic carbocycles. The van der Waals surface area contributed by atoms with Gasteiger partial charge in [0.05, 0.1) is 0 Å². The zero-order chi connectivity index (χ0) is 10.8. The molecule has 0 aromatic rings. The van der Waals surface area contributed by atoms with Crippen LogP contribution in [0.5, 0.6) is 0 Å². The number of hydrogen-bond donors (Lipinski definition) is 1. The highest BCUT2D eigenvalue weighted by molar-refractivity contribution is 5.81. The minimum atomic E-state index is -0.193. The van der Waals surface area contributed by atoms with Gasteiger partial charge in [0.15, 0.2) is 0 Å². The standard InChI is InChI=1S/C11H20N2O2/c1-8-3-5-15-10(8)11(14)13-4-2-9(6-12)7-13/h8-10H,2-7,12H2,1H3. The summed E-state index contributed by atoms with van der Waals surface area (Å²) in [6.45, 7) is 5.18. The number of rotatable bonds is 2. The quantitative estimate of drug-likeness (QED) is 0.712. The van der Waals surface area contributed by atoms with Gasteiger partial charge in [-0.05, 0) is 31.2 Å². The lowest BCUT2D eigenvalue weighted by Gasteiger charge is -2.22. The smallest absolute Gasteiger partial charge is 0.251 e. The highest BCUT2D eigenvalue weighted by atomic mass is 16.5. The van der Waals surface area contributed by atoms with Crippen molar-refractivity contribution in [3.63, 3.8) is 0 Å². The molecule has 2 N–H and O–H groups in total. The first-order valence-corrected chi connectivity index (χ1v) is 5.83. The van der Waals surface area contributed by atoms with Crippen molar-refractivity contribution in [2.45, 2.75) is 25.9 Å². The predicted molar refractivity (Wildman–Crippen MR) is 57.3 cm³/mol. The lowest BCUT2D eigenvalue weighted by molar-refractivity contribution is -0.141. The number of amides is 1. The van der Waals surface area contributed by atoms with Crippen molar-refractivity contribution in [3.05, 3.63) is 0 Å². The van der Waals surface area contributed by atoms with Crippen LogP contribution in [-0.4, -0.2) is 43.2 Å². The minimum Gasteiger partial charge on any atom is -0.368 e. The Morgan fingerprint density at radius 2 is 2.33 bits per heavy atom. The molecule has 2 fully saturated rings. The van der Waals surface area contributed by atoms with E-state index in [1.165, 1.54) is 0 Å². The maximum Gasteiger partial charge on any atom is 0.251 e. The summed E-state index contributed by atoms with van der Waals surface area (Å²) in [5.74, 6) is 1.04. The second-order valence-electron chi connectivity index (χ2n) is 4.73. The maximum atomic E-state index is 12.1. The molecule has 0 aromatic heterocycles. The Balaban J connectivity index is 1.91. The largest absolute Gasteiger partial charge is 0.368 e. The Kier molecular flexibility index (Phi) is 3.26. The third-order valence-electron chi connectivity index (χ3n) is 3.56. The van der Waals surface area contributed by atoms with Crippen LogP contribution in [0, 0.1) is 11.8 Å². The summed E-state index contributed by atoms with van der Waals surface area (Å²) < 4.78 is 5.49. The Bertz CT molecular complexity index is 245. The summed E-state index contributed by atoms with van der Waals surface area (Å²) in [6.07, 6.45) is 1.86. The van der Waals surface area contributed by atoms with E-state index in [1.807, 2.05) is 4.90 Å². The average Bonchev–Trinajstić information content (AvgIpc) is 2.84. The van der Waals surface area contributed by atoms with Gasteiger partial charge >= 0.3 is 0 Å². The van der Waals surface area contributed by atoms with Crippen molar-refractivity contribution in [1.82, 2.24) is 4.90 Å². The summed E-state index contributed by atoms with van der Waals surface area (Å²) in [5, 5.41) is 0. The van der Waals surface area contributed by atoms with Crippen molar-refractivity contribution in [1.29, 1.82) is 0 Å². The van der Waals surface area contributed by atoms with Crippen LogP contribution in [-0.2, 0) is 9.53 Å². The van der Waals surface area contributed by atoms with Crippen molar-refractivity contribution < 1.29 is 9.53 Å². The number of nitrogens with two attached hydrogens (primary N) is 1. The van der Waals surface area contributed by atoms with E-state index in [0.717, 1.165) is 32.5 Å². The van der Waals surface area contributed by atoms with E-state index in [2.05, 4.69) is 6.92 Å². The first-order chi connectivity index (χ1) is 7.22. The number of ether oxygens (including phenoxy) is 1. The van der Waals surface area contributed by atoms with Crippen LogP contribution in [0.15, 0.2) is 0 Å². The molecule has 0 aromatic carbocycles. The summed E-state index contributed by atoms with van der Waals surface area (Å²) >= 11 is 0. The van der Waals surface area contributed by atoms with Crippen molar-refractivity contribution in [3.8, 4) is 0 Å². The number of carbonyl (C=O) groups is 1. The van der Waals surface area contributed by atoms with Crippen LogP contribution in [0.25, 0.3) is 0 Å². The lowest BCUT2D eigenvalue weighted by atomic mass is 10.0. The van der Waals surface area contributed by atoms with Crippen LogP contribution in [0.3, 0.4) is 0 Å². The molecule has 86 valence electrons. The molecule has 4 heteroatoms. The topological polar surface area (TPSA) is 55.6 Å². The number of hydrogen-bond acceptors (Lipinski definition) is 3. The SMILES string of the molecule is CC1CCOC1C(=O)N1CCC(CN)C1. The summed E-state index contributed by atoms with van der Waals surface area (Å²) in [4.78, 5) is 14.0. The van der Waals surface area contributed by atoms with E-state index >= 15 is 0 Å². The normalized spacial score (nSPS) is 36.1. The van der Waals surface area contributed by atoms with E-state index in [1.54, 1.807) is 0 Å². The highest BCUT2D eigenvalue weighted by Gasteiger charge is 2.36. The third kappa shape index (κ3) is 2.16. The maximum absolute atomic E-state index is 12.1. The molecule has 4 nitrogen and oxygen atoms in total. The molecule has 3 unspecified atom stereocenters. The van der Waals surface area contributed by atoms with Gasteiger partial charge in [-0.3, -0.25) is 4.79 Å². The lowest BCUT2D eigenvalue weighted by Crippen LogP contribution is -2.40. The monoisotopic (exact) mass is 212 g/mol. The van der Waals surface area contributed by atoms with Crippen LogP contribution < -0.4 is 5.73 Å². The fraction of sp³-hybridized carbons (Fsp3) is 0.909. The van der Waals surface area contributed by atoms with Gasteiger partial charge in [0.2, 0.25) is 0 Å². The fourth-order valence-corrected chi connectivity index (χ4v) is 2.42. The summed E-state index contributed by atoms with van der Waals surface area (Å²) in [5.41, 5.74) is 5.61. The molecular formula is C11H20N2O2. The molecule has 2 saturated heterocycles. The van der Waals surface area contributed by atoms with Gasteiger partial charge < -0.3 is 15.4 Å². The molecule has 0 radical (unpaired) electrons. The summed E-state index contributed by atoms with van der Waals surface area (Å²) in [6, 6.07) is 0. The van der Waals surface area contributed by atoms with Gasteiger partial charge in [-0.1, -0.05) is 6.92 Å². The fourth-order valence-electron chi connectivity index (χ4n) is 2.42. The summed E-state index contributed by atoms with van der Waals surface area (Å²) in [7, 11) is 0. The average molecular weight is 212 g/mol. The van der Waals surface area contributed by atoms with Crippen molar-refractivity contribution >= 4 is 5.91 Å². The van der Waals surface area contributed by atoms with E-state index in [0.29, 0.717) is 18.4 Å². The van der Waals surface area contributed by atoms with Crippen LogP contribution in [0.1, 0.15) is 19.8 Å². The number of nitrogens with zero attached hydrogens (tertiary/aromatic N) is 1. The number of carbonyl (C=O) groups excluding carboxylic acids is 1. The molecule has 2 rings (SSSR count). The van der Waals surface area contributed by atoms with E-state index in [9.17, 15) is 4.79 Å². The van der Waals surface area contributed by atoms with Gasteiger partial charge in [-0.15, -0.1) is 0 Å². The van der Waals surface area contributed by atoms with Gasteiger partial charge in [0.1, 0.15) is 6.10 Å². The van der Waals surface area contributed by atoms with Crippen molar-refractivity contribution in [2.24, 2.45) is 17.6 Å². The van der Waals surface area contributed by atoms with Crippen LogP contribution >= 0.6 is 0 Å². The van der Waals surface area contributed by atoms with E-state index in [4.69, 9.17) is 10.5 Å². The molecule has 2 aliphatic rings. The molecule has 0 spiro atoms. The van der Waals surface area contributed by atoms with Gasteiger partial charge in [-0.25, -0.2) is 0 Å². The highest BCUT2D eigenvalue weighted by Crippen LogP contribution is 2.24. The zero-order valence-corrected chi connectivity index (χ0v) is 9.32. The number of likely N-dealkylation sites (tertiary alicyclic amines) is 1. The second-order valence-corrected chi connectivity index (χ2v) is 4.73. The molecule has 2 aliphatic heterocycles. The van der Waals surface area contributed by atoms with E-state index < -0.39 is 0 Å². The first kappa shape index (κ1) is 10.9.